The average Bonchev–Trinajstić information content (AvgIpc) is 3.03. The van der Waals surface area contributed by atoms with Crippen LogP contribution in [0.5, 0.6) is 11.5 Å². The van der Waals surface area contributed by atoms with Gasteiger partial charge in [0.15, 0.2) is 0 Å². The molecule has 3 rings (SSSR count). The molecule has 2 aromatic rings. The number of benzene rings is 2. The second-order valence-corrected chi connectivity index (χ2v) is 7.57. The van der Waals surface area contributed by atoms with E-state index in [1.165, 1.54) is 7.11 Å². The normalized spacial score (nSPS) is 14.2. The Hall–Kier alpha value is -2.73. The van der Waals surface area contributed by atoms with Crippen molar-refractivity contribution in [3.63, 3.8) is 0 Å². The first-order chi connectivity index (χ1) is 14.6. The lowest BCUT2D eigenvalue weighted by Crippen LogP contribution is -2.37. The average molecular weight is 431 g/mol. The molecular weight excluding hydrogens is 404 g/mol. The van der Waals surface area contributed by atoms with Gasteiger partial charge < -0.3 is 19.3 Å². The molecule has 0 aromatic heterocycles. The summed E-state index contributed by atoms with van der Waals surface area (Å²) in [4.78, 5) is 29.2. The van der Waals surface area contributed by atoms with Crippen molar-refractivity contribution in [3.8, 4) is 11.5 Å². The zero-order valence-electron chi connectivity index (χ0n) is 17.2. The van der Waals surface area contributed by atoms with E-state index in [2.05, 4.69) is 0 Å². The topological polar surface area (TPSA) is 59.1 Å². The fourth-order valence-corrected chi connectivity index (χ4v) is 3.65. The summed E-state index contributed by atoms with van der Waals surface area (Å²) in [6.07, 6.45) is 1.83. The molecule has 6 nitrogen and oxygen atoms in total. The lowest BCUT2D eigenvalue weighted by molar-refractivity contribution is -0.131. The molecule has 0 N–H and O–H groups in total. The van der Waals surface area contributed by atoms with Gasteiger partial charge in [0.1, 0.15) is 11.5 Å². The van der Waals surface area contributed by atoms with E-state index in [1.54, 1.807) is 23.1 Å². The summed E-state index contributed by atoms with van der Waals surface area (Å²) in [6, 6.07) is 14.6. The van der Waals surface area contributed by atoms with Crippen LogP contribution in [0, 0.1) is 0 Å². The largest absolute Gasteiger partial charge is 0.496 e. The first kappa shape index (κ1) is 22.0. The van der Waals surface area contributed by atoms with Crippen LogP contribution in [-0.2, 0) is 4.79 Å². The molecule has 0 unspecified atom stereocenters. The fraction of sp³-hybridized carbons (Fsp3) is 0.391. The number of carbonyl (C=O) groups is 2. The Labute approximate surface area is 182 Å². The number of nitrogens with zero attached hydrogens (tertiary/aromatic N) is 2. The minimum atomic E-state index is -0.125. The molecule has 0 radical (unpaired) electrons. The predicted octanol–water partition coefficient (Wildman–Crippen LogP) is 3.88. The van der Waals surface area contributed by atoms with E-state index in [1.807, 2.05) is 35.2 Å². The monoisotopic (exact) mass is 430 g/mol. The molecular formula is C23H27ClN2O4. The minimum Gasteiger partial charge on any atom is -0.496 e. The summed E-state index contributed by atoms with van der Waals surface area (Å²) in [5, 5.41) is 0.489. The maximum absolute atomic E-state index is 13.0. The number of rotatable bonds is 7. The summed E-state index contributed by atoms with van der Waals surface area (Å²) in [5.41, 5.74) is 0.447. The van der Waals surface area contributed by atoms with Crippen molar-refractivity contribution in [3.05, 3.63) is 59.1 Å². The van der Waals surface area contributed by atoms with E-state index in [4.69, 9.17) is 21.1 Å². The van der Waals surface area contributed by atoms with Crippen molar-refractivity contribution >= 4 is 23.4 Å². The van der Waals surface area contributed by atoms with Crippen molar-refractivity contribution in [1.82, 2.24) is 9.80 Å². The molecule has 0 saturated carbocycles. The first-order valence-electron chi connectivity index (χ1n) is 10.2. The van der Waals surface area contributed by atoms with Crippen molar-refractivity contribution in [2.24, 2.45) is 0 Å². The Bertz CT molecular complexity index is 860. The lowest BCUT2D eigenvalue weighted by Gasteiger charge is -2.23. The Morgan fingerprint density at radius 3 is 2.50 bits per heavy atom. The summed E-state index contributed by atoms with van der Waals surface area (Å²) < 4.78 is 11.0. The highest BCUT2D eigenvalue weighted by Crippen LogP contribution is 2.24. The standard InChI is InChI=1S/C23H27ClN2O4/c1-29-21-11-10-18(24)17-20(21)23(28)26-13-6-12-25(14-15-26)22(27)9-5-16-30-19-7-3-2-4-8-19/h2-4,7-8,10-11,17H,5-6,9,12-16H2,1H3. The van der Waals surface area contributed by atoms with Crippen LogP contribution in [0.3, 0.4) is 0 Å². The van der Waals surface area contributed by atoms with E-state index in [9.17, 15) is 9.59 Å². The van der Waals surface area contributed by atoms with Crippen LogP contribution in [0.2, 0.25) is 5.02 Å². The third kappa shape index (κ3) is 5.89. The first-order valence-corrected chi connectivity index (χ1v) is 10.5. The van der Waals surface area contributed by atoms with Gasteiger partial charge in [-0.25, -0.2) is 0 Å². The SMILES string of the molecule is COc1ccc(Cl)cc1C(=O)N1CCCN(C(=O)CCCOc2ccccc2)CC1. The molecule has 1 aliphatic rings. The molecule has 0 bridgehead atoms. The van der Waals surface area contributed by atoms with Crippen LogP contribution in [0.15, 0.2) is 48.5 Å². The smallest absolute Gasteiger partial charge is 0.257 e. The van der Waals surface area contributed by atoms with Gasteiger partial charge in [-0.3, -0.25) is 9.59 Å². The highest BCUT2D eigenvalue weighted by atomic mass is 35.5. The van der Waals surface area contributed by atoms with Crippen LogP contribution in [-0.4, -0.2) is 61.5 Å². The number of halogens is 1. The number of amides is 2. The molecule has 1 saturated heterocycles. The van der Waals surface area contributed by atoms with Crippen LogP contribution < -0.4 is 9.47 Å². The summed E-state index contributed by atoms with van der Waals surface area (Å²) in [7, 11) is 1.53. The van der Waals surface area contributed by atoms with Gasteiger partial charge in [0.05, 0.1) is 19.3 Å². The maximum Gasteiger partial charge on any atom is 0.257 e. The number of ether oxygens (including phenoxy) is 2. The summed E-state index contributed by atoms with van der Waals surface area (Å²) in [5.74, 6) is 1.28. The second kappa shape index (κ2) is 10.9. The molecule has 160 valence electrons. The highest BCUT2D eigenvalue weighted by Gasteiger charge is 2.24. The minimum absolute atomic E-state index is 0.0984. The van der Waals surface area contributed by atoms with Crippen LogP contribution in [0.25, 0.3) is 0 Å². The van der Waals surface area contributed by atoms with Gasteiger partial charge in [0.2, 0.25) is 5.91 Å². The molecule has 7 heteroatoms. The van der Waals surface area contributed by atoms with Crippen LogP contribution >= 0.6 is 11.6 Å². The molecule has 0 aliphatic carbocycles. The van der Waals surface area contributed by atoms with Gasteiger partial charge in [-0.2, -0.15) is 0 Å². The zero-order valence-corrected chi connectivity index (χ0v) is 17.9. The Morgan fingerprint density at radius 1 is 1.00 bits per heavy atom. The van der Waals surface area contributed by atoms with Crippen LogP contribution in [0.4, 0.5) is 0 Å². The molecule has 1 aliphatic heterocycles. The van der Waals surface area contributed by atoms with Gasteiger partial charge in [-0.05, 0) is 43.2 Å². The zero-order chi connectivity index (χ0) is 21.3. The fourth-order valence-electron chi connectivity index (χ4n) is 3.48. The molecule has 1 fully saturated rings. The van der Waals surface area contributed by atoms with E-state index in [0.29, 0.717) is 62.0 Å². The lowest BCUT2D eigenvalue weighted by atomic mass is 10.1. The molecule has 0 atom stereocenters. The van der Waals surface area contributed by atoms with Gasteiger partial charge in [0, 0.05) is 37.6 Å². The third-order valence-electron chi connectivity index (χ3n) is 5.07. The summed E-state index contributed by atoms with van der Waals surface area (Å²) >= 11 is 6.06. The Morgan fingerprint density at radius 2 is 1.73 bits per heavy atom. The molecule has 2 aromatic carbocycles. The van der Waals surface area contributed by atoms with E-state index >= 15 is 0 Å². The Kier molecular flexibility index (Phi) is 7.97. The van der Waals surface area contributed by atoms with Gasteiger partial charge in [-0.1, -0.05) is 29.8 Å². The van der Waals surface area contributed by atoms with E-state index < -0.39 is 0 Å². The third-order valence-corrected chi connectivity index (χ3v) is 5.31. The van der Waals surface area contributed by atoms with Crippen LogP contribution in [0.1, 0.15) is 29.6 Å². The van der Waals surface area contributed by atoms with Gasteiger partial charge in [0.25, 0.3) is 5.91 Å². The highest BCUT2D eigenvalue weighted by molar-refractivity contribution is 6.31. The number of methoxy groups -OCH3 is 1. The quantitative estimate of drug-likeness (QED) is 0.625. The number of hydrogen-bond donors (Lipinski definition) is 0. The van der Waals surface area contributed by atoms with E-state index in [0.717, 1.165) is 12.2 Å². The Balaban J connectivity index is 1.49. The molecule has 0 spiro atoms. The maximum atomic E-state index is 13.0. The molecule has 1 heterocycles. The molecule has 2 amide bonds. The van der Waals surface area contributed by atoms with Crippen molar-refractivity contribution < 1.29 is 19.1 Å². The van der Waals surface area contributed by atoms with Crippen molar-refractivity contribution in [2.75, 3.05) is 39.9 Å². The number of carbonyl (C=O) groups excluding carboxylic acids is 2. The van der Waals surface area contributed by atoms with Gasteiger partial charge >= 0.3 is 0 Å². The van der Waals surface area contributed by atoms with Crippen molar-refractivity contribution in [2.45, 2.75) is 19.3 Å². The van der Waals surface area contributed by atoms with Crippen molar-refractivity contribution in [1.29, 1.82) is 0 Å². The van der Waals surface area contributed by atoms with E-state index in [-0.39, 0.29) is 11.8 Å². The number of hydrogen-bond acceptors (Lipinski definition) is 4. The summed E-state index contributed by atoms with van der Waals surface area (Å²) in [6.45, 7) is 2.75. The molecule has 30 heavy (non-hydrogen) atoms. The number of para-hydroxylation sites is 1. The second-order valence-electron chi connectivity index (χ2n) is 7.14. The van der Waals surface area contributed by atoms with Gasteiger partial charge in [-0.15, -0.1) is 0 Å². The predicted molar refractivity (Wildman–Crippen MR) is 116 cm³/mol.